The molecule has 0 bridgehead atoms. The number of ether oxygens (including phenoxy) is 1. The van der Waals surface area contributed by atoms with Crippen LogP contribution in [0.25, 0.3) is 0 Å². The SMILES string of the molecule is O=C(NCc1ccccc1OCCO)N1CCN(c2cc(C3CC3)[nH]n2)CC1. The van der Waals surface area contributed by atoms with E-state index in [-0.39, 0.29) is 19.2 Å². The molecule has 2 fully saturated rings. The zero-order chi connectivity index (χ0) is 19.3. The van der Waals surface area contributed by atoms with Gasteiger partial charge in [-0.05, 0) is 18.9 Å². The lowest BCUT2D eigenvalue weighted by molar-refractivity contribution is 0.192. The maximum absolute atomic E-state index is 12.5. The largest absolute Gasteiger partial charge is 0.491 e. The number of urea groups is 1. The van der Waals surface area contributed by atoms with Crippen LogP contribution in [0.1, 0.15) is 30.0 Å². The Labute approximate surface area is 164 Å². The zero-order valence-corrected chi connectivity index (χ0v) is 15.9. The predicted molar refractivity (Wildman–Crippen MR) is 106 cm³/mol. The molecule has 2 aliphatic rings. The number of para-hydroxylation sites is 1. The van der Waals surface area contributed by atoms with Crippen LogP contribution in [0.2, 0.25) is 0 Å². The van der Waals surface area contributed by atoms with Gasteiger partial charge in [-0.2, -0.15) is 5.10 Å². The smallest absolute Gasteiger partial charge is 0.317 e. The lowest BCUT2D eigenvalue weighted by Gasteiger charge is -2.34. The molecule has 0 atom stereocenters. The summed E-state index contributed by atoms with van der Waals surface area (Å²) >= 11 is 0. The summed E-state index contributed by atoms with van der Waals surface area (Å²) in [4.78, 5) is 16.6. The number of benzene rings is 1. The Balaban J connectivity index is 1.26. The highest BCUT2D eigenvalue weighted by atomic mass is 16.5. The van der Waals surface area contributed by atoms with Crippen LogP contribution in [0.15, 0.2) is 30.3 Å². The van der Waals surface area contributed by atoms with Gasteiger partial charge in [0.15, 0.2) is 5.82 Å². The molecule has 28 heavy (non-hydrogen) atoms. The second-order valence-corrected chi connectivity index (χ2v) is 7.27. The van der Waals surface area contributed by atoms with E-state index in [1.165, 1.54) is 18.5 Å². The monoisotopic (exact) mass is 385 g/mol. The molecule has 1 saturated heterocycles. The van der Waals surface area contributed by atoms with Crippen LogP contribution < -0.4 is 15.0 Å². The Hall–Kier alpha value is -2.74. The van der Waals surface area contributed by atoms with Gasteiger partial charge in [-0.1, -0.05) is 18.2 Å². The van der Waals surface area contributed by atoms with E-state index in [0.717, 1.165) is 24.5 Å². The Morgan fingerprint density at radius 3 is 2.79 bits per heavy atom. The predicted octanol–water partition coefficient (Wildman–Crippen LogP) is 1.69. The quantitative estimate of drug-likeness (QED) is 0.674. The second-order valence-electron chi connectivity index (χ2n) is 7.27. The van der Waals surface area contributed by atoms with Gasteiger partial charge in [-0.25, -0.2) is 4.79 Å². The van der Waals surface area contributed by atoms with Crippen molar-refractivity contribution in [2.45, 2.75) is 25.3 Å². The molecule has 8 heteroatoms. The number of carbonyl (C=O) groups excluding carboxylic acids is 1. The molecule has 2 aromatic rings. The van der Waals surface area contributed by atoms with Gasteiger partial charge in [0.2, 0.25) is 0 Å². The summed E-state index contributed by atoms with van der Waals surface area (Å²) < 4.78 is 5.52. The first-order valence-corrected chi connectivity index (χ1v) is 9.89. The number of hydrogen-bond acceptors (Lipinski definition) is 5. The highest BCUT2D eigenvalue weighted by molar-refractivity contribution is 5.74. The van der Waals surface area contributed by atoms with Crippen molar-refractivity contribution in [2.24, 2.45) is 0 Å². The van der Waals surface area contributed by atoms with E-state index in [1.807, 2.05) is 29.2 Å². The fraction of sp³-hybridized carbons (Fsp3) is 0.500. The third kappa shape index (κ3) is 4.39. The number of aromatic nitrogens is 2. The van der Waals surface area contributed by atoms with E-state index in [9.17, 15) is 4.79 Å². The van der Waals surface area contributed by atoms with Crippen molar-refractivity contribution in [3.05, 3.63) is 41.6 Å². The minimum atomic E-state index is -0.0719. The number of rotatable bonds is 7. The standard InChI is InChI=1S/C20H27N5O3/c26-11-12-28-18-4-2-1-3-16(18)14-21-20(27)25-9-7-24(8-10-25)19-13-17(22-23-19)15-5-6-15/h1-4,13,15,26H,5-12,14H2,(H,21,27)(H,22,23). The minimum Gasteiger partial charge on any atom is -0.491 e. The highest BCUT2D eigenvalue weighted by Gasteiger charge is 2.27. The van der Waals surface area contributed by atoms with Crippen LogP contribution >= 0.6 is 0 Å². The summed E-state index contributed by atoms with van der Waals surface area (Å²) in [5, 5.41) is 19.5. The molecule has 8 nitrogen and oxygen atoms in total. The van der Waals surface area contributed by atoms with E-state index in [1.54, 1.807) is 0 Å². The Kier molecular flexibility index (Phi) is 5.66. The van der Waals surface area contributed by atoms with Crippen molar-refractivity contribution in [3.8, 4) is 5.75 Å². The van der Waals surface area contributed by atoms with Crippen molar-refractivity contribution >= 4 is 11.8 Å². The summed E-state index contributed by atoms with van der Waals surface area (Å²) in [5.41, 5.74) is 2.13. The molecule has 4 rings (SSSR count). The number of carbonyl (C=O) groups is 1. The molecule has 2 amide bonds. The van der Waals surface area contributed by atoms with Crippen molar-refractivity contribution in [2.75, 3.05) is 44.3 Å². The van der Waals surface area contributed by atoms with Crippen molar-refractivity contribution < 1.29 is 14.6 Å². The first-order chi connectivity index (χ1) is 13.7. The van der Waals surface area contributed by atoms with Gasteiger partial charge < -0.3 is 25.0 Å². The summed E-state index contributed by atoms with van der Waals surface area (Å²) in [5.74, 6) is 2.33. The van der Waals surface area contributed by atoms with Crippen LogP contribution in [0.5, 0.6) is 5.75 Å². The number of aliphatic hydroxyl groups excluding tert-OH is 1. The Morgan fingerprint density at radius 1 is 1.25 bits per heavy atom. The maximum Gasteiger partial charge on any atom is 0.317 e. The first kappa shape index (κ1) is 18.6. The number of amides is 2. The van der Waals surface area contributed by atoms with Crippen molar-refractivity contribution in [3.63, 3.8) is 0 Å². The number of anilines is 1. The third-order valence-corrected chi connectivity index (χ3v) is 5.24. The lowest BCUT2D eigenvalue weighted by atomic mass is 10.2. The molecule has 1 saturated carbocycles. The highest BCUT2D eigenvalue weighted by Crippen LogP contribution is 2.39. The van der Waals surface area contributed by atoms with Crippen LogP contribution in [0, 0.1) is 0 Å². The average Bonchev–Trinajstić information content (AvgIpc) is 3.48. The fourth-order valence-corrected chi connectivity index (χ4v) is 3.46. The van der Waals surface area contributed by atoms with Gasteiger partial charge in [-0.15, -0.1) is 0 Å². The molecule has 1 aliphatic heterocycles. The van der Waals surface area contributed by atoms with Crippen molar-refractivity contribution in [1.82, 2.24) is 20.4 Å². The van der Waals surface area contributed by atoms with Crippen LogP contribution in [-0.2, 0) is 6.54 Å². The molecule has 0 unspecified atom stereocenters. The number of hydrogen-bond donors (Lipinski definition) is 3. The third-order valence-electron chi connectivity index (χ3n) is 5.24. The summed E-state index contributed by atoms with van der Waals surface area (Å²) in [7, 11) is 0. The van der Waals surface area contributed by atoms with Gasteiger partial charge in [0.1, 0.15) is 12.4 Å². The van der Waals surface area contributed by atoms with Gasteiger partial charge in [0.05, 0.1) is 6.61 Å². The van der Waals surface area contributed by atoms with Gasteiger partial charge in [-0.3, -0.25) is 5.10 Å². The van der Waals surface area contributed by atoms with E-state index in [4.69, 9.17) is 9.84 Å². The molecule has 3 N–H and O–H groups in total. The number of nitrogens with zero attached hydrogens (tertiary/aromatic N) is 3. The van der Waals surface area contributed by atoms with Gasteiger partial charge >= 0.3 is 6.03 Å². The van der Waals surface area contributed by atoms with Crippen LogP contribution in [0.4, 0.5) is 10.6 Å². The van der Waals surface area contributed by atoms with E-state index >= 15 is 0 Å². The maximum atomic E-state index is 12.5. The van der Waals surface area contributed by atoms with Gasteiger partial charge in [0.25, 0.3) is 0 Å². The lowest BCUT2D eigenvalue weighted by Crippen LogP contribution is -2.51. The van der Waals surface area contributed by atoms with Crippen LogP contribution in [0.3, 0.4) is 0 Å². The summed E-state index contributed by atoms with van der Waals surface area (Å²) in [6.45, 7) is 3.48. The van der Waals surface area contributed by atoms with Gasteiger partial charge in [0, 0.05) is 56.0 Å². The van der Waals surface area contributed by atoms with E-state index in [0.29, 0.717) is 31.3 Å². The molecule has 1 aromatic carbocycles. The zero-order valence-electron chi connectivity index (χ0n) is 15.9. The molecular formula is C20H27N5O3. The molecule has 0 radical (unpaired) electrons. The molecule has 1 aliphatic carbocycles. The number of piperazine rings is 1. The fourth-order valence-electron chi connectivity index (χ4n) is 3.46. The minimum absolute atomic E-state index is 0.0386. The van der Waals surface area contributed by atoms with E-state index in [2.05, 4.69) is 26.5 Å². The molecular weight excluding hydrogens is 358 g/mol. The molecule has 1 aromatic heterocycles. The van der Waals surface area contributed by atoms with Crippen molar-refractivity contribution in [1.29, 1.82) is 0 Å². The average molecular weight is 385 g/mol. The Bertz CT molecular complexity index is 797. The summed E-state index contributed by atoms with van der Waals surface area (Å²) in [6, 6.07) is 9.62. The second kappa shape index (κ2) is 8.52. The number of H-pyrrole nitrogens is 1. The Morgan fingerprint density at radius 2 is 2.04 bits per heavy atom. The molecule has 0 spiro atoms. The topological polar surface area (TPSA) is 93.7 Å². The number of aliphatic hydroxyl groups is 1. The summed E-state index contributed by atoms with van der Waals surface area (Å²) in [6.07, 6.45) is 2.51. The first-order valence-electron chi connectivity index (χ1n) is 9.89. The molecule has 2 heterocycles. The number of nitrogens with one attached hydrogen (secondary N) is 2. The van der Waals surface area contributed by atoms with E-state index < -0.39 is 0 Å². The molecule has 150 valence electrons. The normalized spacial score (nSPS) is 16.9. The van der Waals surface area contributed by atoms with Crippen LogP contribution in [-0.4, -0.2) is 65.6 Å². The number of aromatic amines is 1.